The standard InChI is InChI=1S/C14H18FN3O/c15-14-8-12(10-16)7-13(9-14)11-18-3-1-17(2-4-18)5-6-19/h7-9,19H,1-6,11H2. The summed E-state index contributed by atoms with van der Waals surface area (Å²) < 4.78 is 13.3. The Kier molecular flexibility index (Phi) is 4.86. The molecule has 0 saturated carbocycles. The Bertz CT molecular complexity index is 464. The molecule has 102 valence electrons. The van der Waals surface area contributed by atoms with Crippen LogP contribution in [0.25, 0.3) is 0 Å². The Balaban J connectivity index is 1.92. The average molecular weight is 263 g/mol. The van der Waals surface area contributed by atoms with E-state index in [-0.39, 0.29) is 12.4 Å². The van der Waals surface area contributed by atoms with Crippen molar-refractivity contribution in [3.8, 4) is 6.07 Å². The van der Waals surface area contributed by atoms with Crippen LogP contribution in [0.1, 0.15) is 11.1 Å². The summed E-state index contributed by atoms with van der Waals surface area (Å²) >= 11 is 0. The van der Waals surface area contributed by atoms with E-state index < -0.39 is 0 Å². The number of aliphatic hydroxyl groups excluding tert-OH is 1. The third kappa shape index (κ3) is 4.00. The van der Waals surface area contributed by atoms with Crippen molar-refractivity contribution in [3.63, 3.8) is 0 Å². The number of aliphatic hydroxyl groups is 1. The first-order valence-electron chi connectivity index (χ1n) is 6.46. The number of nitrogens with zero attached hydrogens (tertiary/aromatic N) is 3. The largest absolute Gasteiger partial charge is 0.395 e. The van der Waals surface area contributed by atoms with Crippen molar-refractivity contribution in [2.75, 3.05) is 39.3 Å². The van der Waals surface area contributed by atoms with E-state index in [1.807, 2.05) is 6.07 Å². The van der Waals surface area contributed by atoms with Gasteiger partial charge in [0.05, 0.1) is 18.2 Å². The van der Waals surface area contributed by atoms with E-state index in [0.717, 1.165) is 31.7 Å². The lowest BCUT2D eigenvalue weighted by atomic mass is 10.1. The van der Waals surface area contributed by atoms with Crippen LogP contribution in [-0.2, 0) is 6.54 Å². The van der Waals surface area contributed by atoms with Crippen molar-refractivity contribution in [2.45, 2.75) is 6.54 Å². The molecule has 1 aromatic carbocycles. The van der Waals surface area contributed by atoms with Crippen molar-refractivity contribution in [1.82, 2.24) is 9.80 Å². The van der Waals surface area contributed by atoms with Crippen molar-refractivity contribution in [2.24, 2.45) is 0 Å². The van der Waals surface area contributed by atoms with Gasteiger partial charge in [-0.1, -0.05) is 0 Å². The molecule has 0 radical (unpaired) electrons. The first-order chi connectivity index (χ1) is 9.21. The summed E-state index contributed by atoms with van der Waals surface area (Å²) in [5.41, 5.74) is 1.21. The van der Waals surface area contributed by atoms with Gasteiger partial charge in [0.2, 0.25) is 0 Å². The first-order valence-corrected chi connectivity index (χ1v) is 6.46. The summed E-state index contributed by atoms with van der Waals surface area (Å²) in [6, 6.07) is 6.45. The Morgan fingerprint density at radius 1 is 1.16 bits per heavy atom. The lowest BCUT2D eigenvalue weighted by molar-refractivity contribution is 0.108. The molecular weight excluding hydrogens is 245 g/mol. The monoisotopic (exact) mass is 263 g/mol. The number of β-amino-alcohol motifs (C(OH)–C–C–N with tert-alkyl or cyclic N) is 1. The van der Waals surface area contributed by atoms with Crippen LogP contribution in [0.5, 0.6) is 0 Å². The molecule has 0 amide bonds. The molecule has 1 saturated heterocycles. The lowest BCUT2D eigenvalue weighted by Gasteiger charge is -2.34. The van der Waals surface area contributed by atoms with Crippen LogP contribution in [0.2, 0.25) is 0 Å². The van der Waals surface area contributed by atoms with Gasteiger partial charge in [-0.15, -0.1) is 0 Å². The molecule has 0 spiro atoms. The highest BCUT2D eigenvalue weighted by Gasteiger charge is 2.16. The van der Waals surface area contributed by atoms with Gasteiger partial charge in [0.15, 0.2) is 0 Å². The summed E-state index contributed by atoms with van der Waals surface area (Å²) in [6.45, 7) is 5.21. The predicted molar refractivity (Wildman–Crippen MR) is 69.9 cm³/mol. The molecule has 0 bridgehead atoms. The van der Waals surface area contributed by atoms with E-state index in [9.17, 15) is 4.39 Å². The quantitative estimate of drug-likeness (QED) is 0.873. The molecule has 1 heterocycles. The molecule has 1 aromatic rings. The summed E-state index contributed by atoms with van der Waals surface area (Å²) in [5, 5.41) is 17.7. The fraction of sp³-hybridized carbons (Fsp3) is 0.500. The van der Waals surface area contributed by atoms with E-state index in [0.29, 0.717) is 18.7 Å². The molecule has 19 heavy (non-hydrogen) atoms. The molecule has 0 aliphatic carbocycles. The Morgan fingerprint density at radius 3 is 2.47 bits per heavy atom. The molecule has 1 aliphatic rings. The molecule has 5 heteroatoms. The SMILES string of the molecule is N#Cc1cc(F)cc(CN2CCN(CCO)CC2)c1. The molecule has 1 aliphatic heterocycles. The van der Waals surface area contributed by atoms with Gasteiger partial charge >= 0.3 is 0 Å². The zero-order valence-corrected chi connectivity index (χ0v) is 10.8. The van der Waals surface area contributed by atoms with Gasteiger partial charge in [-0.2, -0.15) is 5.26 Å². The van der Waals surface area contributed by atoms with Gasteiger partial charge in [0.25, 0.3) is 0 Å². The number of hydrogen-bond acceptors (Lipinski definition) is 4. The van der Waals surface area contributed by atoms with E-state index in [2.05, 4.69) is 9.80 Å². The third-order valence-corrected chi connectivity index (χ3v) is 3.37. The minimum Gasteiger partial charge on any atom is -0.395 e. The third-order valence-electron chi connectivity index (χ3n) is 3.37. The first kappa shape index (κ1) is 13.9. The van der Waals surface area contributed by atoms with Gasteiger partial charge in [0, 0.05) is 39.3 Å². The second-order valence-corrected chi connectivity index (χ2v) is 4.80. The van der Waals surface area contributed by atoms with Gasteiger partial charge < -0.3 is 5.11 Å². The molecule has 2 rings (SSSR count). The van der Waals surface area contributed by atoms with E-state index in [1.54, 1.807) is 6.07 Å². The van der Waals surface area contributed by atoms with Crippen LogP contribution in [0.4, 0.5) is 4.39 Å². The highest BCUT2D eigenvalue weighted by Crippen LogP contribution is 2.12. The maximum Gasteiger partial charge on any atom is 0.124 e. The normalized spacial score (nSPS) is 17.3. The van der Waals surface area contributed by atoms with Crippen molar-refractivity contribution in [3.05, 3.63) is 35.1 Å². The molecule has 1 N–H and O–H groups in total. The molecule has 0 unspecified atom stereocenters. The number of hydrogen-bond donors (Lipinski definition) is 1. The summed E-state index contributed by atoms with van der Waals surface area (Å²) in [6.07, 6.45) is 0. The predicted octanol–water partition coefficient (Wildman–Crippen LogP) is 0.807. The smallest absolute Gasteiger partial charge is 0.124 e. The number of halogens is 1. The van der Waals surface area contributed by atoms with Crippen LogP contribution in [0.3, 0.4) is 0 Å². The topological polar surface area (TPSA) is 50.5 Å². The van der Waals surface area contributed by atoms with Crippen LogP contribution < -0.4 is 0 Å². The molecule has 0 atom stereocenters. The average Bonchev–Trinajstić information content (AvgIpc) is 2.40. The molecule has 4 nitrogen and oxygen atoms in total. The van der Waals surface area contributed by atoms with Gasteiger partial charge in [-0.05, 0) is 23.8 Å². The van der Waals surface area contributed by atoms with Gasteiger partial charge in [-0.25, -0.2) is 4.39 Å². The molecule has 1 fully saturated rings. The number of benzene rings is 1. The van der Waals surface area contributed by atoms with Crippen LogP contribution in [-0.4, -0.2) is 54.2 Å². The van der Waals surface area contributed by atoms with E-state index >= 15 is 0 Å². The Hall–Kier alpha value is -1.48. The number of rotatable bonds is 4. The minimum atomic E-state index is -0.354. The fourth-order valence-corrected chi connectivity index (χ4v) is 2.38. The van der Waals surface area contributed by atoms with E-state index in [1.165, 1.54) is 12.1 Å². The second-order valence-electron chi connectivity index (χ2n) is 4.80. The zero-order valence-electron chi connectivity index (χ0n) is 10.8. The number of nitriles is 1. The zero-order chi connectivity index (χ0) is 13.7. The fourth-order valence-electron chi connectivity index (χ4n) is 2.38. The molecule has 0 aromatic heterocycles. The van der Waals surface area contributed by atoms with Crippen molar-refractivity contribution in [1.29, 1.82) is 5.26 Å². The van der Waals surface area contributed by atoms with Crippen LogP contribution in [0.15, 0.2) is 18.2 Å². The minimum absolute atomic E-state index is 0.190. The summed E-state index contributed by atoms with van der Waals surface area (Å²) in [5.74, 6) is -0.354. The maximum atomic E-state index is 13.3. The second kappa shape index (κ2) is 6.62. The van der Waals surface area contributed by atoms with Crippen molar-refractivity contribution >= 4 is 0 Å². The molecular formula is C14H18FN3O. The number of piperazine rings is 1. The highest BCUT2D eigenvalue weighted by molar-refractivity contribution is 5.33. The Morgan fingerprint density at radius 2 is 1.84 bits per heavy atom. The lowest BCUT2D eigenvalue weighted by Crippen LogP contribution is -2.46. The van der Waals surface area contributed by atoms with Crippen molar-refractivity contribution < 1.29 is 9.50 Å². The van der Waals surface area contributed by atoms with Gasteiger partial charge in [0.1, 0.15) is 5.82 Å². The maximum absolute atomic E-state index is 13.3. The highest BCUT2D eigenvalue weighted by atomic mass is 19.1. The van der Waals surface area contributed by atoms with Crippen LogP contribution in [0, 0.1) is 17.1 Å². The van der Waals surface area contributed by atoms with Gasteiger partial charge in [-0.3, -0.25) is 9.80 Å². The van der Waals surface area contributed by atoms with E-state index in [4.69, 9.17) is 10.4 Å². The summed E-state index contributed by atoms with van der Waals surface area (Å²) in [4.78, 5) is 4.45. The van der Waals surface area contributed by atoms with Crippen LogP contribution >= 0.6 is 0 Å². The summed E-state index contributed by atoms with van der Waals surface area (Å²) in [7, 11) is 0. The Labute approximate surface area is 112 Å².